The minimum atomic E-state index is -0.115. The van der Waals surface area contributed by atoms with Gasteiger partial charge in [-0.3, -0.25) is 9.48 Å². The van der Waals surface area contributed by atoms with Crippen LogP contribution >= 0.6 is 15.9 Å². The smallest absolute Gasteiger partial charge is 0.270 e. The molecule has 0 saturated heterocycles. The van der Waals surface area contributed by atoms with Crippen molar-refractivity contribution in [3.05, 3.63) is 51.8 Å². The molecule has 100 valence electrons. The van der Waals surface area contributed by atoms with Crippen LogP contribution in [0.5, 0.6) is 0 Å². The number of aryl methyl sites for hydroxylation is 2. The number of hydrogen-bond donors (Lipinski definition) is 1. The van der Waals surface area contributed by atoms with Crippen LogP contribution in [0.3, 0.4) is 0 Å². The van der Waals surface area contributed by atoms with Crippen molar-refractivity contribution >= 4 is 21.8 Å². The number of nitrogens with one attached hydrogen (secondary N) is 1. The second-order valence-corrected chi connectivity index (χ2v) is 5.46. The third-order valence-corrected chi connectivity index (χ3v) is 3.42. The van der Waals surface area contributed by atoms with E-state index in [2.05, 4.69) is 26.3 Å². The van der Waals surface area contributed by atoms with Gasteiger partial charge in [-0.1, -0.05) is 28.1 Å². The Balaban J connectivity index is 2.13. The lowest BCUT2D eigenvalue weighted by atomic mass is 10.1. The number of rotatable bonds is 3. The zero-order chi connectivity index (χ0) is 14.0. The van der Waals surface area contributed by atoms with Crippen LogP contribution in [-0.2, 0) is 7.05 Å². The molecule has 0 aliphatic rings. The Morgan fingerprint density at radius 1 is 1.42 bits per heavy atom. The lowest BCUT2D eigenvalue weighted by molar-refractivity contribution is 0.0930. The monoisotopic (exact) mass is 321 g/mol. The molecule has 19 heavy (non-hydrogen) atoms. The first kappa shape index (κ1) is 13.8. The zero-order valence-electron chi connectivity index (χ0n) is 11.1. The van der Waals surface area contributed by atoms with Gasteiger partial charge in [-0.05, 0) is 37.6 Å². The van der Waals surface area contributed by atoms with Gasteiger partial charge in [0.1, 0.15) is 5.69 Å². The minimum Gasteiger partial charge on any atom is -0.344 e. The fourth-order valence-corrected chi connectivity index (χ4v) is 2.37. The van der Waals surface area contributed by atoms with Crippen molar-refractivity contribution in [2.45, 2.75) is 19.9 Å². The highest BCUT2D eigenvalue weighted by Gasteiger charge is 2.15. The van der Waals surface area contributed by atoms with Crippen molar-refractivity contribution in [3.8, 4) is 0 Å². The quantitative estimate of drug-likeness (QED) is 0.944. The molecule has 5 heteroatoms. The molecule has 1 aromatic heterocycles. The number of hydrogen-bond acceptors (Lipinski definition) is 2. The van der Waals surface area contributed by atoms with Crippen LogP contribution in [-0.4, -0.2) is 15.7 Å². The normalized spacial score (nSPS) is 12.2. The van der Waals surface area contributed by atoms with Crippen LogP contribution in [0.15, 0.2) is 34.8 Å². The largest absolute Gasteiger partial charge is 0.344 e. The molecular weight excluding hydrogens is 306 g/mol. The van der Waals surface area contributed by atoms with Crippen molar-refractivity contribution in [2.75, 3.05) is 0 Å². The third kappa shape index (κ3) is 3.23. The molecule has 1 heterocycles. The van der Waals surface area contributed by atoms with E-state index in [4.69, 9.17) is 0 Å². The standard InChI is InChI=1S/C14H16BrN3O/c1-9-7-13(18(3)17-9)14(19)16-10(2)11-5-4-6-12(15)8-11/h4-8,10H,1-3H3,(H,16,19). The molecule has 1 unspecified atom stereocenters. The molecule has 1 amide bonds. The number of aromatic nitrogens is 2. The van der Waals surface area contributed by atoms with E-state index in [-0.39, 0.29) is 11.9 Å². The first-order valence-electron chi connectivity index (χ1n) is 6.04. The van der Waals surface area contributed by atoms with Crippen LogP contribution < -0.4 is 5.32 Å². The zero-order valence-corrected chi connectivity index (χ0v) is 12.7. The van der Waals surface area contributed by atoms with Gasteiger partial charge < -0.3 is 5.32 Å². The first-order valence-corrected chi connectivity index (χ1v) is 6.83. The molecule has 0 aliphatic carbocycles. The van der Waals surface area contributed by atoms with Gasteiger partial charge in [0.05, 0.1) is 11.7 Å². The highest BCUT2D eigenvalue weighted by molar-refractivity contribution is 9.10. The van der Waals surface area contributed by atoms with E-state index >= 15 is 0 Å². The predicted octanol–water partition coefficient (Wildman–Crippen LogP) is 2.98. The summed E-state index contributed by atoms with van der Waals surface area (Å²) in [4.78, 5) is 12.2. The van der Waals surface area contributed by atoms with Gasteiger partial charge in [-0.2, -0.15) is 5.10 Å². The molecule has 1 N–H and O–H groups in total. The Hall–Kier alpha value is -1.62. The van der Waals surface area contributed by atoms with Gasteiger partial charge in [0, 0.05) is 11.5 Å². The number of nitrogens with zero attached hydrogens (tertiary/aromatic N) is 2. The average Bonchev–Trinajstić information content (AvgIpc) is 2.68. The van der Waals surface area contributed by atoms with Gasteiger partial charge in [-0.15, -0.1) is 0 Å². The molecule has 2 rings (SSSR count). The second kappa shape index (κ2) is 5.57. The summed E-state index contributed by atoms with van der Waals surface area (Å²) >= 11 is 3.43. The van der Waals surface area contributed by atoms with Gasteiger partial charge in [0.2, 0.25) is 0 Å². The molecule has 1 aromatic carbocycles. The van der Waals surface area contributed by atoms with Crippen LogP contribution in [0.25, 0.3) is 0 Å². The molecule has 0 fully saturated rings. The highest BCUT2D eigenvalue weighted by atomic mass is 79.9. The molecule has 0 saturated carbocycles. The summed E-state index contributed by atoms with van der Waals surface area (Å²) in [7, 11) is 1.77. The fourth-order valence-electron chi connectivity index (χ4n) is 1.95. The van der Waals surface area contributed by atoms with Crippen LogP contribution in [0.1, 0.15) is 34.7 Å². The van der Waals surface area contributed by atoms with Crippen molar-refractivity contribution in [1.82, 2.24) is 15.1 Å². The summed E-state index contributed by atoms with van der Waals surface area (Å²) in [6.07, 6.45) is 0. The molecule has 1 atom stereocenters. The molecular formula is C14H16BrN3O. The number of carbonyl (C=O) groups excluding carboxylic acids is 1. The SMILES string of the molecule is Cc1cc(C(=O)NC(C)c2cccc(Br)c2)n(C)n1. The van der Waals surface area contributed by atoms with E-state index in [0.717, 1.165) is 15.7 Å². The lowest BCUT2D eigenvalue weighted by Crippen LogP contribution is -2.28. The van der Waals surface area contributed by atoms with E-state index in [1.165, 1.54) is 0 Å². The van der Waals surface area contributed by atoms with Crippen LogP contribution in [0.2, 0.25) is 0 Å². The minimum absolute atomic E-state index is 0.0554. The Morgan fingerprint density at radius 3 is 2.74 bits per heavy atom. The molecule has 2 aromatic rings. The fraction of sp³-hybridized carbons (Fsp3) is 0.286. The first-order chi connectivity index (χ1) is 8.97. The Kier molecular flexibility index (Phi) is 4.04. The molecule has 4 nitrogen and oxygen atoms in total. The molecule has 0 aliphatic heterocycles. The predicted molar refractivity (Wildman–Crippen MR) is 78.0 cm³/mol. The van der Waals surface area contributed by atoms with Crippen LogP contribution in [0.4, 0.5) is 0 Å². The second-order valence-electron chi connectivity index (χ2n) is 4.54. The number of amides is 1. The van der Waals surface area contributed by atoms with Gasteiger partial charge in [0.15, 0.2) is 0 Å². The Bertz CT molecular complexity index is 606. The summed E-state index contributed by atoms with van der Waals surface area (Å²) < 4.78 is 2.60. The van der Waals surface area contributed by atoms with Gasteiger partial charge >= 0.3 is 0 Å². The van der Waals surface area contributed by atoms with E-state index < -0.39 is 0 Å². The maximum Gasteiger partial charge on any atom is 0.270 e. The van der Waals surface area contributed by atoms with Crippen molar-refractivity contribution in [3.63, 3.8) is 0 Å². The summed E-state index contributed by atoms with van der Waals surface area (Å²) in [5.41, 5.74) is 2.46. The van der Waals surface area contributed by atoms with E-state index in [1.54, 1.807) is 17.8 Å². The number of carbonyl (C=O) groups is 1. The summed E-state index contributed by atoms with van der Waals surface area (Å²) in [5, 5.41) is 7.15. The lowest BCUT2D eigenvalue weighted by Gasteiger charge is -2.14. The van der Waals surface area contributed by atoms with Crippen molar-refractivity contribution < 1.29 is 4.79 Å². The summed E-state index contributed by atoms with van der Waals surface area (Å²) in [5.74, 6) is -0.115. The molecule has 0 bridgehead atoms. The van der Waals surface area contributed by atoms with E-state index in [0.29, 0.717) is 5.69 Å². The van der Waals surface area contributed by atoms with E-state index in [1.807, 2.05) is 38.1 Å². The third-order valence-electron chi connectivity index (χ3n) is 2.93. The molecule has 0 radical (unpaired) electrons. The van der Waals surface area contributed by atoms with Crippen molar-refractivity contribution in [2.24, 2.45) is 7.05 Å². The van der Waals surface area contributed by atoms with Gasteiger partial charge in [-0.25, -0.2) is 0 Å². The summed E-state index contributed by atoms with van der Waals surface area (Å²) in [6, 6.07) is 9.63. The van der Waals surface area contributed by atoms with E-state index in [9.17, 15) is 4.79 Å². The topological polar surface area (TPSA) is 46.9 Å². The maximum atomic E-state index is 12.2. The Labute approximate surface area is 120 Å². The molecule has 0 spiro atoms. The van der Waals surface area contributed by atoms with Gasteiger partial charge in [0.25, 0.3) is 5.91 Å². The number of halogens is 1. The van der Waals surface area contributed by atoms with Crippen molar-refractivity contribution in [1.29, 1.82) is 0 Å². The maximum absolute atomic E-state index is 12.2. The average molecular weight is 322 g/mol. The Morgan fingerprint density at radius 2 is 2.16 bits per heavy atom. The summed E-state index contributed by atoms with van der Waals surface area (Å²) in [6.45, 7) is 3.83. The highest BCUT2D eigenvalue weighted by Crippen LogP contribution is 2.18. The number of benzene rings is 1. The van der Waals surface area contributed by atoms with Crippen LogP contribution in [0, 0.1) is 6.92 Å².